The molecule has 0 atom stereocenters. The van der Waals surface area contributed by atoms with Gasteiger partial charge in [-0.25, -0.2) is 0 Å². The van der Waals surface area contributed by atoms with E-state index in [1.54, 1.807) is 0 Å². The lowest BCUT2D eigenvalue weighted by molar-refractivity contribution is 0.295. The molecule has 1 saturated carbocycles. The predicted octanol–water partition coefficient (Wildman–Crippen LogP) is 8.71. The Morgan fingerprint density at radius 3 is 2.00 bits per heavy atom. The van der Waals surface area contributed by atoms with Crippen molar-refractivity contribution in [2.45, 2.75) is 78.1 Å². The lowest BCUT2D eigenvalue weighted by Crippen LogP contribution is -2.12. The van der Waals surface area contributed by atoms with E-state index in [0.29, 0.717) is 0 Å². The highest BCUT2D eigenvalue weighted by atomic mass is 14.2. The first-order chi connectivity index (χ1) is 13.8. The van der Waals surface area contributed by atoms with E-state index in [-0.39, 0.29) is 0 Å². The summed E-state index contributed by atoms with van der Waals surface area (Å²) in [5.74, 6) is 1.78. The van der Waals surface area contributed by atoms with E-state index < -0.39 is 0 Å². The van der Waals surface area contributed by atoms with Gasteiger partial charge in [-0.15, -0.1) is 0 Å². The van der Waals surface area contributed by atoms with Gasteiger partial charge in [0.05, 0.1) is 0 Å². The molecule has 0 unspecified atom stereocenters. The lowest BCUT2D eigenvalue weighted by Gasteiger charge is -2.26. The van der Waals surface area contributed by atoms with Gasteiger partial charge in [0.2, 0.25) is 0 Å². The van der Waals surface area contributed by atoms with Crippen LogP contribution in [0, 0.1) is 11.8 Å². The molecule has 1 aliphatic carbocycles. The van der Waals surface area contributed by atoms with Crippen LogP contribution in [0.5, 0.6) is 0 Å². The smallest absolute Gasteiger partial charge is 0.0184 e. The largest absolute Gasteiger partial charge is 0.0808 e. The Morgan fingerprint density at radius 2 is 1.39 bits per heavy atom. The van der Waals surface area contributed by atoms with E-state index >= 15 is 0 Å². The van der Waals surface area contributed by atoms with Crippen LogP contribution < -0.4 is 0 Å². The van der Waals surface area contributed by atoms with Crippen molar-refractivity contribution in [3.8, 4) is 11.1 Å². The Balaban J connectivity index is 1.52. The zero-order valence-corrected chi connectivity index (χ0v) is 18.0. The molecular weight excluding hydrogens is 336 g/mol. The Labute approximate surface area is 173 Å². The molecule has 0 radical (unpaired) electrons. The molecule has 0 saturated heterocycles. The molecule has 0 heteroatoms. The molecule has 0 N–H and O–H groups in total. The molecular formula is C28H38. The number of hydrogen-bond donors (Lipinski definition) is 0. The Morgan fingerprint density at radius 1 is 0.750 bits per heavy atom. The van der Waals surface area contributed by atoms with E-state index in [0.717, 1.165) is 11.8 Å². The summed E-state index contributed by atoms with van der Waals surface area (Å²) >= 11 is 0. The fourth-order valence-corrected chi connectivity index (χ4v) is 4.55. The average Bonchev–Trinajstić information content (AvgIpc) is 2.75. The number of rotatable bonds is 9. The molecule has 2 aromatic carbocycles. The van der Waals surface area contributed by atoms with Crippen molar-refractivity contribution in [2.75, 3.05) is 0 Å². The second-order valence-corrected chi connectivity index (χ2v) is 8.70. The maximum Gasteiger partial charge on any atom is -0.0184 e. The number of unbranched alkanes of at least 4 members (excludes halogenated alkanes) is 2. The van der Waals surface area contributed by atoms with Crippen LogP contribution in [0.1, 0.15) is 82.8 Å². The molecule has 0 nitrogen and oxygen atoms in total. The Bertz CT molecular complexity index is 697. The van der Waals surface area contributed by atoms with Gasteiger partial charge < -0.3 is 0 Å². The monoisotopic (exact) mass is 374 g/mol. The van der Waals surface area contributed by atoms with Gasteiger partial charge in [0.25, 0.3) is 0 Å². The van der Waals surface area contributed by atoms with Crippen molar-refractivity contribution < 1.29 is 0 Å². The van der Waals surface area contributed by atoms with Crippen LogP contribution in [0.3, 0.4) is 0 Å². The van der Waals surface area contributed by atoms with Crippen LogP contribution in [0.25, 0.3) is 17.2 Å². The molecule has 28 heavy (non-hydrogen) atoms. The van der Waals surface area contributed by atoms with Gasteiger partial charge in [-0.05, 0) is 72.6 Å². The summed E-state index contributed by atoms with van der Waals surface area (Å²) in [6, 6.07) is 18.2. The van der Waals surface area contributed by atoms with Crippen LogP contribution in [0.15, 0.2) is 54.6 Å². The maximum absolute atomic E-state index is 2.46. The summed E-state index contributed by atoms with van der Waals surface area (Å²) in [6.07, 6.45) is 18.3. The van der Waals surface area contributed by atoms with Gasteiger partial charge >= 0.3 is 0 Å². The van der Waals surface area contributed by atoms with Crippen LogP contribution in [0.2, 0.25) is 0 Å². The first kappa shape index (κ1) is 20.9. The van der Waals surface area contributed by atoms with Crippen molar-refractivity contribution >= 4 is 6.08 Å². The fraction of sp³-hybridized carbons (Fsp3) is 0.500. The van der Waals surface area contributed by atoms with Gasteiger partial charge in [-0.1, -0.05) is 100 Å². The van der Waals surface area contributed by atoms with Crippen molar-refractivity contribution in [3.05, 3.63) is 65.7 Å². The quantitative estimate of drug-likeness (QED) is 0.385. The van der Waals surface area contributed by atoms with Crippen molar-refractivity contribution in [2.24, 2.45) is 11.8 Å². The Hall–Kier alpha value is -1.82. The number of hydrogen-bond acceptors (Lipinski definition) is 0. The molecule has 1 fully saturated rings. The van der Waals surface area contributed by atoms with Crippen LogP contribution in [-0.4, -0.2) is 0 Å². The summed E-state index contributed by atoms with van der Waals surface area (Å²) in [5.41, 5.74) is 5.43. The SMILES string of the molecule is CCCCCc1ccc(-c2ccc(/C=C/C3CCC(CCC)CC3)cc2)cc1. The van der Waals surface area contributed by atoms with Crippen LogP contribution in [0.4, 0.5) is 0 Å². The third kappa shape index (κ3) is 6.36. The summed E-state index contributed by atoms with van der Waals surface area (Å²) < 4.78 is 0. The number of benzene rings is 2. The van der Waals surface area contributed by atoms with E-state index in [1.165, 1.54) is 86.5 Å². The predicted molar refractivity (Wildman–Crippen MR) is 124 cm³/mol. The van der Waals surface area contributed by atoms with Gasteiger partial charge in [0.1, 0.15) is 0 Å². The molecule has 150 valence electrons. The van der Waals surface area contributed by atoms with Crippen LogP contribution >= 0.6 is 0 Å². The van der Waals surface area contributed by atoms with Gasteiger partial charge in [0.15, 0.2) is 0 Å². The highest BCUT2D eigenvalue weighted by molar-refractivity contribution is 5.66. The summed E-state index contributed by atoms with van der Waals surface area (Å²) in [4.78, 5) is 0. The van der Waals surface area contributed by atoms with Crippen molar-refractivity contribution in [1.82, 2.24) is 0 Å². The van der Waals surface area contributed by atoms with Gasteiger partial charge in [-0.2, -0.15) is 0 Å². The van der Waals surface area contributed by atoms with Crippen molar-refractivity contribution in [3.63, 3.8) is 0 Å². The second kappa shape index (κ2) is 11.2. The fourth-order valence-electron chi connectivity index (χ4n) is 4.55. The molecule has 2 aromatic rings. The molecule has 0 heterocycles. The standard InChI is InChI=1S/C28H38/c1-3-5-6-8-24-15-19-27(20-16-24)28-21-17-26(18-22-28)14-13-25-11-9-23(7-4-2)10-12-25/h13-23,25H,3-12H2,1-2H3/b14-13+. The third-order valence-corrected chi connectivity index (χ3v) is 6.42. The maximum atomic E-state index is 2.46. The molecule has 1 aliphatic rings. The molecule has 0 aliphatic heterocycles. The minimum atomic E-state index is 0.785. The third-order valence-electron chi connectivity index (χ3n) is 6.42. The first-order valence-corrected chi connectivity index (χ1v) is 11.7. The summed E-state index contributed by atoms with van der Waals surface area (Å²) in [5, 5.41) is 0. The zero-order valence-electron chi connectivity index (χ0n) is 18.0. The summed E-state index contributed by atoms with van der Waals surface area (Å²) in [6.45, 7) is 4.58. The van der Waals surface area contributed by atoms with E-state index in [4.69, 9.17) is 0 Å². The number of aryl methyl sites for hydroxylation is 1. The summed E-state index contributed by atoms with van der Waals surface area (Å²) in [7, 11) is 0. The zero-order chi connectivity index (χ0) is 19.6. The molecule has 0 bridgehead atoms. The highest BCUT2D eigenvalue weighted by Crippen LogP contribution is 2.32. The minimum absolute atomic E-state index is 0.785. The van der Waals surface area contributed by atoms with Gasteiger partial charge in [0, 0.05) is 0 Å². The van der Waals surface area contributed by atoms with Gasteiger partial charge in [-0.3, -0.25) is 0 Å². The highest BCUT2D eigenvalue weighted by Gasteiger charge is 2.18. The molecule has 0 spiro atoms. The first-order valence-electron chi connectivity index (χ1n) is 11.7. The second-order valence-electron chi connectivity index (χ2n) is 8.70. The average molecular weight is 375 g/mol. The molecule has 3 rings (SSSR count). The van der Waals surface area contributed by atoms with Crippen LogP contribution in [-0.2, 0) is 6.42 Å². The molecule has 0 amide bonds. The van der Waals surface area contributed by atoms with E-state index in [1.807, 2.05) is 0 Å². The lowest BCUT2D eigenvalue weighted by atomic mass is 9.80. The van der Waals surface area contributed by atoms with Crippen molar-refractivity contribution in [1.29, 1.82) is 0 Å². The normalized spacial score (nSPS) is 19.9. The molecule has 0 aromatic heterocycles. The van der Waals surface area contributed by atoms with E-state index in [2.05, 4.69) is 74.5 Å². The topological polar surface area (TPSA) is 0 Å². The Kier molecular flexibility index (Phi) is 8.40. The van der Waals surface area contributed by atoms with E-state index in [9.17, 15) is 0 Å². The number of allylic oxidation sites excluding steroid dienone is 1. The minimum Gasteiger partial charge on any atom is -0.0808 e.